The molecule has 1 aliphatic heterocycles. The molecule has 1 aromatic heterocycles. The van der Waals surface area contributed by atoms with Crippen molar-refractivity contribution in [3.8, 4) is 17.2 Å². The Morgan fingerprint density at radius 1 is 1.37 bits per heavy atom. The number of hydrogen-bond donors (Lipinski definition) is 0. The number of ether oxygens (including phenoxy) is 2. The summed E-state index contributed by atoms with van der Waals surface area (Å²) in [5, 5.41) is 4.06. The first-order valence-corrected chi connectivity index (χ1v) is 6.35. The Bertz CT molecular complexity index is 574. The minimum atomic E-state index is 0.244. The van der Waals surface area contributed by atoms with Crippen LogP contribution in [0.1, 0.15) is 23.7 Å². The third-order valence-corrected chi connectivity index (χ3v) is 3.38. The third kappa shape index (κ3) is 2.21. The molecule has 0 spiro atoms. The molecule has 0 bridgehead atoms. The Morgan fingerprint density at radius 2 is 2.26 bits per heavy atom. The zero-order chi connectivity index (χ0) is 13.2. The van der Waals surface area contributed by atoms with E-state index in [0.29, 0.717) is 12.5 Å². The third-order valence-electron chi connectivity index (χ3n) is 3.38. The SMILES string of the molecule is COc1c(C)cccc1-c1nc([C@H]2CCOC2)no1. The Morgan fingerprint density at radius 3 is 3.00 bits per heavy atom. The second-order valence-electron chi connectivity index (χ2n) is 4.67. The van der Waals surface area contributed by atoms with Crippen molar-refractivity contribution in [1.29, 1.82) is 0 Å². The number of methoxy groups -OCH3 is 1. The van der Waals surface area contributed by atoms with Gasteiger partial charge in [-0.1, -0.05) is 17.3 Å². The van der Waals surface area contributed by atoms with Gasteiger partial charge in [0.25, 0.3) is 5.89 Å². The Hall–Kier alpha value is -1.88. The van der Waals surface area contributed by atoms with Gasteiger partial charge < -0.3 is 14.0 Å². The summed E-state index contributed by atoms with van der Waals surface area (Å²) in [6.45, 7) is 3.43. The number of rotatable bonds is 3. The molecule has 1 aliphatic rings. The maximum absolute atomic E-state index is 5.41. The van der Waals surface area contributed by atoms with Gasteiger partial charge in [0.2, 0.25) is 0 Å². The fraction of sp³-hybridized carbons (Fsp3) is 0.429. The average molecular weight is 260 g/mol. The van der Waals surface area contributed by atoms with Crippen molar-refractivity contribution in [2.45, 2.75) is 19.3 Å². The summed E-state index contributed by atoms with van der Waals surface area (Å²) in [5.74, 6) is 2.24. The van der Waals surface area contributed by atoms with Crippen LogP contribution < -0.4 is 4.74 Å². The number of para-hydroxylation sites is 1. The Kier molecular flexibility index (Phi) is 3.21. The van der Waals surface area contributed by atoms with E-state index in [1.807, 2.05) is 25.1 Å². The predicted octanol–water partition coefficient (Wildman–Crippen LogP) is 2.56. The van der Waals surface area contributed by atoms with Crippen LogP contribution in [-0.2, 0) is 4.74 Å². The number of hydrogen-bond acceptors (Lipinski definition) is 5. The van der Waals surface area contributed by atoms with Crippen LogP contribution in [0.3, 0.4) is 0 Å². The van der Waals surface area contributed by atoms with E-state index in [1.54, 1.807) is 7.11 Å². The van der Waals surface area contributed by atoms with E-state index >= 15 is 0 Å². The van der Waals surface area contributed by atoms with Crippen molar-refractivity contribution in [1.82, 2.24) is 10.1 Å². The fourth-order valence-corrected chi connectivity index (χ4v) is 2.34. The lowest BCUT2D eigenvalue weighted by atomic mass is 10.1. The van der Waals surface area contributed by atoms with Crippen LogP contribution in [0.2, 0.25) is 0 Å². The topological polar surface area (TPSA) is 57.4 Å². The highest BCUT2D eigenvalue weighted by atomic mass is 16.5. The van der Waals surface area contributed by atoms with Gasteiger partial charge in [-0.3, -0.25) is 0 Å². The molecule has 0 saturated carbocycles. The lowest BCUT2D eigenvalue weighted by Gasteiger charge is -2.07. The lowest BCUT2D eigenvalue weighted by molar-refractivity contribution is 0.192. The molecule has 3 rings (SSSR count). The van der Waals surface area contributed by atoms with Crippen LogP contribution in [0, 0.1) is 6.92 Å². The minimum Gasteiger partial charge on any atom is -0.496 e. The van der Waals surface area contributed by atoms with Crippen LogP contribution in [0.4, 0.5) is 0 Å². The normalized spacial score (nSPS) is 18.7. The summed E-state index contributed by atoms with van der Waals surface area (Å²) in [6.07, 6.45) is 0.948. The van der Waals surface area contributed by atoms with Crippen molar-refractivity contribution in [2.24, 2.45) is 0 Å². The van der Waals surface area contributed by atoms with Gasteiger partial charge in [-0.2, -0.15) is 4.98 Å². The van der Waals surface area contributed by atoms with Crippen molar-refractivity contribution < 1.29 is 14.0 Å². The molecule has 19 heavy (non-hydrogen) atoms. The van der Waals surface area contributed by atoms with E-state index in [0.717, 1.165) is 35.7 Å². The van der Waals surface area contributed by atoms with Gasteiger partial charge in [0.15, 0.2) is 5.82 Å². The maximum Gasteiger partial charge on any atom is 0.261 e. The molecular weight excluding hydrogens is 244 g/mol. The molecule has 5 nitrogen and oxygen atoms in total. The first-order chi connectivity index (χ1) is 9.29. The zero-order valence-corrected chi connectivity index (χ0v) is 11.0. The molecule has 1 saturated heterocycles. The Balaban J connectivity index is 1.96. The van der Waals surface area contributed by atoms with E-state index in [-0.39, 0.29) is 5.92 Å². The maximum atomic E-state index is 5.41. The van der Waals surface area contributed by atoms with Crippen LogP contribution >= 0.6 is 0 Å². The number of benzene rings is 1. The van der Waals surface area contributed by atoms with Crippen molar-refractivity contribution in [2.75, 3.05) is 20.3 Å². The highest BCUT2D eigenvalue weighted by Crippen LogP contribution is 2.33. The molecule has 5 heteroatoms. The number of nitrogens with zero attached hydrogens (tertiary/aromatic N) is 2. The molecule has 1 fully saturated rings. The van der Waals surface area contributed by atoms with Crippen LogP contribution in [0.25, 0.3) is 11.5 Å². The molecular formula is C14H16N2O3. The molecule has 2 heterocycles. The van der Waals surface area contributed by atoms with Crippen LogP contribution in [0.15, 0.2) is 22.7 Å². The molecule has 0 unspecified atom stereocenters. The fourth-order valence-electron chi connectivity index (χ4n) is 2.34. The van der Waals surface area contributed by atoms with E-state index in [9.17, 15) is 0 Å². The molecule has 2 aromatic rings. The van der Waals surface area contributed by atoms with Gasteiger partial charge in [-0.15, -0.1) is 0 Å². The molecule has 0 amide bonds. The van der Waals surface area contributed by atoms with Crippen molar-refractivity contribution >= 4 is 0 Å². The minimum absolute atomic E-state index is 0.244. The van der Waals surface area contributed by atoms with Gasteiger partial charge in [0, 0.05) is 12.5 Å². The zero-order valence-electron chi connectivity index (χ0n) is 11.0. The molecule has 1 atom stereocenters. The summed E-state index contributed by atoms with van der Waals surface area (Å²) >= 11 is 0. The van der Waals surface area contributed by atoms with Gasteiger partial charge in [0.05, 0.1) is 19.3 Å². The predicted molar refractivity (Wildman–Crippen MR) is 69.2 cm³/mol. The largest absolute Gasteiger partial charge is 0.496 e. The smallest absolute Gasteiger partial charge is 0.261 e. The average Bonchev–Trinajstić information content (AvgIpc) is 3.09. The Labute approximate surface area is 111 Å². The van der Waals surface area contributed by atoms with Gasteiger partial charge >= 0.3 is 0 Å². The monoisotopic (exact) mass is 260 g/mol. The summed E-state index contributed by atoms with van der Waals surface area (Å²) < 4.78 is 16.1. The van der Waals surface area contributed by atoms with E-state index in [4.69, 9.17) is 14.0 Å². The first-order valence-electron chi connectivity index (χ1n) is 6.35. The number of aromatic nitrogens is 2. The standard InChI is InChI=1S/C14H16N2O3/c1-9-4-3-5-11(12(9)17-2)14-15-13(16-19-14)10-6-7-18-8-10/h3-5,10H,6-8H2,1-2H3/t10-/m0/s1. The highest BCUT2D eigenvalue weighted by molar-refractivity contribution is 5.65. The quantitative estimate of drug-likeness (QED) is 0.848. The summed E-state index contributed by atoms with van der Waals surface area (Å²) in [5.41, 5.74) is 1.88. The number of aryl methyl sites for hydroxylation is 1. The second kappa shape index (κ2) is 5.01. The molecule has 100 valence electrons. The van der Waals surface area contributed by atoms with Crippen molar-refractivity contribution in [3.05, 3.63) is 29.6 Å². The van der Waals surface area contributed by atoms with Crippen molar-refractivity contribution in [3.63, 3.8) is 0 Å². The molecule has 0 radical (unpaired) electrons. The van der Waals surface area contributed by atoms with E-state index < -0.39 is 0 Å². The molecule has 0 aliphatic carbocycles. The molecule has 0 N–H and O–H groups in total. The van der Waals surface area contributed by atoms with Crippen LogP contribution in [-0.4, -0.2) is 30.5 Å². The van der Waals surface area contributed by atoms with Gasteiger partial charge in [-0.25, -0.2) is 0 Å². The second-order valence-corrected chi connectivity index (χ2v) is 4.67. The lowest BCUT2D eigenvalue weighted by Crippen LogP contribution is -1.99. The van der Waals surface area contributed by atoms with E-state index in [1.165, 1.54) is 0 Å². The van der Waals surface area contributed by atoms with Gasteiger partial charge in [-0.05, 0) is 25.0 Å². The summed E-state index contributed by atoms with van der Waals surface area (Å²) in [4.78, 5) is 4.47. The van der Waals surface area contributed by atoms with Gasteiger partial charge in [0.1, 0.15) is 5.75 Å². The molecule has 1 aromatic carbocycles. The van der Waals surface area contributed by atoms with E-state index in [2.05, 4.69) is 10.1 Å². The summed E-state index contributed by atoms with van der Waals surface area (Å²) in [6, 6.07) is 5.87. The summed E-state index contributed by atoms with van der Waals surface area (Å²) in [7, 11) is 1.65. The van der Waals surface area contributed by atoms with Crippen LogP contribution in [0.5, 0.6) is 5.75 Å². The first kappa shape index (κ1) is 12.2. The highest BCUT2D eigenvalue weighted by Gasteiger charge is 2.24.